The molecule has 1 aliphatic heterocycles. The van der Waals surface area contributed by atoms with Crippen molar-refractivity contribution in [3.63, 3.8) is 0 Å². The fraction of sp³-hybridized carbons (Fsp3) is 0.700. The number of hydroxylamine groups is 2. The number of nitrogens with zero attached hydrogens (tertiary/aromatic N) is 1. The number of carbonyl (C=O) groups is 3. The average Bonchev–Trinajstić information content (AvgIpc) is 2.82. The highest BCUT2D eigenvalue weighted by molar-refractivity contribution is 5.78. The normalized spacial score (nSPS) is 17.2. The summed E-state index contributed by atoms with van der Waals surface area (Å²) in [6.07, 6.45) is 1.53. The van der Waals surface area contributed by atoms with Crippen LogP contribution in [0.25, 0.3) is 0 Å². The third kappa shape index (κ3) is 4.06. The van der Waals surface area contributed by atoms with Gasteiger partial charge in [0.15, 0.2) is 5.79 Å². The summed E-state index contributed by atoms with van der Waals surface area (Å²) < 4.78 is 10.7. The quantitative estimate of drug-likeness (QED) is 0.318. The summed E-state index contributed by atoms with van der Waals surface area (Å²) in [5.41, 5.74) is 0. The molecule has 18 heavy (non-hydrogen) atoms. The Kier molecular flexibility index (Phi) is 5.69. The monoisotopic (exact) mass is 260 g/mol. The van der Waals surface area contributed by atoms with Crippen LogP contribution in [0.3, 0.4) is 0 Å². The van der Waals surface area contributed by atoms with Crippen molar-refractivity contribution in [3.8, 4) is 0 Å². The lowest BCUT2D eigenvalue weighted by molar-refractivity contribution is -0.223. The van der Waals surface area contributed by atoms with E-state index < -0.39 is 11.7 Å². The third-order valence-electron chi connectivity index (χ3n) is 2.47. The molecule has 0 aromatic rings. The maximum absolute atomic E-state index is 11.4. The van der Waals surface area contributed by atoms with Crippen molar-refractivity contribution in [1.29, 1.82) is 0 Å². The Hall–Kier alpha value is -1.51. The molecule has 1 heterocycles. The molecule has 0 aliphatic carbocycles. The minimum absolute atomic E-state index is 0.203. The van der Waals surface area contributed by atoms with Crippen molar-refractivity contribution in [2.24, 2.45) is 0 Å². The topological polar surface area (TPSA) is 105 Å². The minimum Gasteiger partial charge on any atom is -0.350 e. The first-order valence-electron chi connectivity index (χ1n) is 5.51. The summed E-state index contributed by atoms with van der Waals surface area (Å²) in [6, 6.07) is 0. The van der Waals surface area contributed by atoms with Gasteiger partial charge >= 0.3 is 0 Å². The number of rotatable bonds is 8. The lowest BCUT2D eigenvalue weighted by atomic mass is 10.1. The molecule has 0 saturated carbocycles. The van der Waals surface area contributed by atoms with Crippen LogP contribution in [0.15, 0.2) is 0 Å². The first kappa shape index (κ1) is 14.6. The number of carbonyl (C=O) groups excluding carboxylic acids is 3. The van der Waals surface area contributed by atoms with E-state index >= 15 is 0 Å². The summed E-state index contributed by atoms with van der Waals surface area (Å²) in [4.78, 5) is 31.8. The zero-order chi connectivity index (χ0) is 13.4. The van der Waals surface area contributed by atoms with Gasteiger partial charge in [0.2, 0.25) is 6.41 Å². The largest absolute Gasteiger partial charge is 0.350 e. The van der Waals surface area contributed by atoms with E-state index in [-0.39, 0.29) is 25.9 Å². The first-order chi connectivity index (χ1) is 8.63. The first-order valence-corrected chi connectivity index (χ1v) is 5.51. The fourth-order valence-electron chi connectivity index (χ4n) is 1.63. The molecular weight excluding hydrogens is 244 g/mol. The molecule has 1 fully saturated rings. The molecule has 2 amide bonds. The second-order valence-electron chi connectivity index (χ2n) is 3.76. The van der Waals surface area contributed by atoms with Crippen molar-refractivity contribution in [1.82, 2.24) is 10.4 Å². The van der Waals surface area contributed by atoms with Gasteiger partial charge < -0.3 is 19.6 Å². The van der Waals surface area contributed by atoms with Crippen LogP contribution in [-0.4, -0.2) is 61.0 Å². The summed E-state index contributed by atoms with van der Waals surface area (Å²) in [5.74, 6) is -1.83. The minimum atomic E-state index is -1.15. The molecule has 0 radical (unpaired) electrons. The van der Waals surface area contributed by atoms with E-state index in [9.17, 15) is 19.6 Å². The van der Waals surface area contributed by atoms with Gasteiger partial charge in [0.1, 0.15) is 12.8 Å². The lowest BCUT2D eigenvalue weighted by Crippen LogP contribution is -2.47. The molecule has 0 unspecified atom stereocenters. The van der Waals surface area contributed by atoms with Gasteiger partial charge in [0.25, 0.3) is 5.91 Å². The Morgan fingerprint density at radius 2 is 2.06 bits per heavy atom. The van der Waals surface area contributed by atoms with Crippen LogP contribution in [0.4, 0.5) is 0 Å². The summed E-state index contributed by atoms with van der Waals surface area (Å²) >= 11 is 0. The predicted octanol–water partition coefficient (Wildman–Crippen LogP) is -1.33. The Bertz CT molecular complexity index is 303. The SMILES string of the molecule is O=CCCC1(CN(O)C(=O)CNC=O)OCCO1. The molecule has 2 N–H and O–H groups in total. The molecule has 0 aromatic carbocycles. The second-order valence-corrected chi connectivity index (χ2v) is 3.76. The van der Waals surface area contributed by atoms with Crippen LogP contribution in [0.1, 0.15) is 12.8 Å². The molecule has 102 valence electrons. The second kappa shape index (κ2) is 7.04. The van der Waals surface area contributed by atoms with E-state index in [4.69, 9.17) is 9.47 Å². The van der Waals surface area contributed by atoms with E-state index in [1.165, 1.54) is 0 Å². The van der Waals surface area contributed by atoms with Crippen LogP contribution >= 0.6 is 0 Å². The van der Waals surface area contributed by atoms with Crippen molar-refractivity contribution in [2.75, 3.05) is 26.3 Å². The number of aldehydes is 1. The Labute approximate surface area is 104 Å². The Morgan fingerprint density at radius 3 is 2.61 bits per heavy atom. The van der Waals surface area contributed by atoms with E-state index in [1.54, 1.807) is 0 Å². The molecule has 8 nitrogen and oxygen atoms in total. The highest BCUT2D eigenvalue weighted by Gasteiger charge is 2.39. The van der Waals surface area contributed by atoms with Crippen molar-refractivity contribution in [2.45, 2.75) is 18.6 Å². The number of amides is 2. The highest BCUT2D eigenvalue weighted by atomic mass is 16.7. The molecule has 0 aromatic heterocycles. The zero-order valence-electron chi connectivity index (χ0n) is 9.83. The van der Waals surface area contributed by atoms with Gasteiger partial charge in [0.05, 0.1) is 19.8 Å². The lowest BCUT2D eigenvalue weighted by Gasteiger charge is -2.30. The summed E-state index contributed by atoms with van der Waals surface area (Å²) in [5, 5.41) is 12.1. The molecule has 1 aliphatic rings. The van der Waals surface area contributed by atoms with E-state index in [0.717, 1.165) is 0 Å². The maximum Gasteiger partial charge on any atom is 0.265 e. The zero-order valence-corrected chi connectivity index (χ0v) is 9.83. The smallest absolute Gasteiger partial charge is 0.265 e. The van der Waals surface area contributed by atoms with Crippen LogP contribution in [0, 0.1) is 0 Å². The maximum atomic E-state index is 11.4. The number of ether oxygens (including phenoxy) is 2. The molecule has 1 saturated heterocycles. The number of hydrogen-bond donors (Lipinski definition) is 2. The van der Waals surface area contributed by atoms with Crippen LogP contribution in [-0.2, 0) is 23.9 Å². The van der Waals surface area contributed by atoms with Gasteiger partial charge in [-0.3, -0.25) is 14.8 Å². The summed E-state index contributed by atoms with van der Waals surface area (Å²) in [7, 11) is 0. The number of hydrogen-bond acceptors (Lipinski definition) is 6. The van der Waals surface area contributed by atoms with Gasteiger partial charge in [0, 0.05) is 12.8 Å². The summed E-state index contributed by atoms with van der Waals surface area (Å²) in [6.45, 7) is 0.158. The molecule has 0 bridgehead atoms. The van der Waals surface area contributed by atoms with Gasteiger partial charge in [-0.25, -0.2) is 5.06 Å². The fourth-order valence-corrected chi connectivity index (χ4v) is 1.63. The van der Waals surface area contributed by atoms with Gasteiger partial charge in [-0.2, -0.15) is 0 Å². The molecule has 0 atom stereocenters. The standard InChI is InChI=1S/C10H16N2O6/c13-3-1-2-10(17-4-5-18-10)7-12(16)9(15)6-11-8-14/h3,8,16H,1-2,4-7H2,(H,11,14). The van der Waals surface area contributed by atoms with E-state index in [1.807, 2.05) is 0 Å². The third-order valence-corrected chi connectivity index (χ3v) is 2.47. The Morgan fingerprint density at radius 1 is 1.39 bits per heavy atom. The van der Waals surface area contributed by atoms with Crippen LogP contribution in [0.2, 0.25) is 0 Å². The van der Waals surface area contributed by atoms with E-state index in [0.29, 0.717) is 31.0 Å². The number of nitrogens with one attached hydrogen (secondary N) is 1. The van der Waals surface area contributed by atoms with Gasteiger partial charge in [-0.15, -0.1) is 0 Å². The van der Waals surface area contributed by atoms with E-state index in [2.05, 4.69) is 5.32 Å². The predicted molar refractivity (Wildman–Crippen MR) is 57.5 cm³/mol. The van der Waals surface area contributed by atoms with Crippen molar-refractivity contribution in [3.05, 3.63) is 0 Å². The van der Waals surface area contributed by atoms with Crippen LogP contribution in [0.5, 0.6) is 0 Å². The van der Waals surface area contributed by atoms with Crippen LogP contribution < -0.4 is 5.32 Å². The van der Waals surface area contributed by atoms with Gasteiger partial charge in [-0.1, -0.05) is 0 Å². The molecule has 1 rings (SSSR count). The highest BCUT2D eigenvalue weighted by Crippen LogP contribution is 2.25. The molecule has 8 heteroatoms. The van der Waals surface area contributed by atoms with Crippen molar-refractivity contribution < 1.29 is 29.1 Å². The Balaban J connectivity index is 2.51. The average molecular weight is 260 g/mol. The van der Waals surface area contributed by atoms with Gasteiger partial charge in [-0.05, 0) is 0 Å². The molecule has 0 spiro atoms. The van der Waals surface area contributed by atoms with Crippen molar-refractivity contribution >= 4 is 18.6 Å². The molecular formula is C10H16N2O6.